The molecule has 141 valence electrons. The molecule has 2 nitrogen and oxygen atoms in total. The van der Waals surface area contributed by atoms with Crippen LogP contribution in [0.25, 0.3) is 5.32 Å². The van der Waals surface area contributed by atoms with E-state index in [2.05, 4.69) is 67.5 Å². The molecule has 2 aromatic rings. The van der Waals surface area contributed by atoms with Gasteiger partial charge in [-0.15, -0.1) is 12.2 Å². The van der Waals surface area contributed by atoms with Gasteiger partial charge in [0.15, 0.2) is 0 Å². The Morgan fingerprint density at radius 3 is 2.23 bits per heavy atom. The Morgan fingerprint density at radius 1 is 0.885 bits per heavy atom. The summed E-state index contributed by atoms with van der Waals surface area (Å²) in [7, 11) is 2.19. The molecule has 0 spiro atoms. The van der Waals surface area contributed by atoms with E-state index in [1.54, 1.807) is 5.56 Å². The molecular formula is C23H33N2V-. The monoisotopic (exact) mass is 388 g/mol. The van der Waals surface area contributed by atoms with Crippen molar-refractivity contribution in [3.8, 4) is 0 Å². The summed E-state index contributed by atoms with van der Waals surface area (Å²) in [6.07, 6.45) is 3.65. The minimum Gasteiger partial charge on any atom is -0.684 e. The van der Waals surface area contributed by atoms with Crippen LogP contribution in [-0.4, -0.2) is 25.0 Å². The molecule has 0 atom stereocenters. The maximum absolute atomic E-state index is 4.45. The zero-order valence-electron chi connectivity index (χ0n) is 17.0. The van der Waals surface area contributed by atoms with Crippen molar-refractivity contribution in [1.82, 2.24) is 4.90 Å². The molecule has 2 aromatic carbocycles. The number of nitrogens with zero attached hydrogens (tertiary/aromatic N) is 2. The molecule has 0 saturated heterocycles. The SMILES string of the molecule is CC.Cc1cccc2c1CCC[N-]2.Cc1cccc2c1CCN(C)C2.[V]. The maximum atomic E-state index is 4.45. The van der Waals surface area contributed by atoms with Gasteiger partial charge in [-0.05, 0) is 56.0 Å². The van der Waals surface area contributed by atoms with Gasteiger partial charge in [0.05, 0.1) is 0 Å². The van der Waals surface area contributed by atoms with E-state index in [1.807, 2.05) is 13.8 Å². The van der Waals surface area contributed by atoms with Gasteiger partial charge in [-0.2, -0.15) is 0 Å². The van der Waals surface area contributed by atoms with Crippen LogP contribution < -0.4 is 0 Å². The molecule has 2 aliphatic heterocycles. The van der Waals surface area contributed by atoms with Crippen molar-refractivity contribution in [2.75, 3.05) is 20.1 Å². The number of aryl methyl sites for hydroxylation is 2. The van der Waals surface area contributed by atoms with Crippen LogP contribution in [0.5, 0.6) is 0 Å². The van der Waals surface area contributed by atoms with Crippen LogP contribution in [0.2, 0.25) is 0 Å². The van der Waals surface area contributed by atoms with E-state index in [4.69, 9.17) is 0 Å². The summed E-state index contributed by atoms with van der Waals surface area (Å²) in [5, 5.41) is 4.45. The summed E-state index contributed by atoms with van der Waals surface area (Å²) >= 11 is 0. The molecule has 4 rings (SSSR count). The van der Waals surface area contributed by atoms with Gasteiger partial charge < -0.3 is 10.2 Å². The summed E-state index contributed by atoms with van der Waals surface area (Å²) in [5.74, 6) is 0. The first-order chi connectivity index (χ1) is 12.1. The average Bonchev–Trinajstić information content (AvgIpc) is 2.64. The van der Waals surface area contributed by atoms with Gasteiger partial charge in [0, 0.05) is 31.6 Å². The summed E-state index contributed by atoms with van der Waals surface area (Å²) < 4.78 is 0. The molecule has 0 amide bonds. The minimum absolute atomic E-state index is 0. The largest absolute Gasteiger partial charge is 0.684 e. The zero-order chi connectivity index (χ0) is 18.2. The van der Waals surface area contributed by atoms with Gasteiger partial charge in [0.2, 0.25) is 0 Å². The first-order valence-electron chi connectivity index (χ1n) is 9.67. The van der Waals surface area contributed by atoms with E-state index in [1.165, 1.54) is 53.7 Å². The zero-order valence-corrected chi connectivity index (χ0v) is 18.4. The third kappa shape index (κ3) is 5.91. The predicted octanol–water partition coefficient (Wildman–Crippen LogP) is 5.95. The Labute approximate surface area is 172 Å². The first kappa shape index (κ1) is 22.8. The van der Waals surface area contributed by atoms with Crippen LogP contribution in [0.3, 0.4) is 0 Å². The molecule has 2 heterocycles. The fourth-order valence-corrected chi connectivity index (χ4v) is 3.56. The van der Waals surface area contributed by atoms with Crippen LogP contribution in [0.4, 0.5) is 5.69 Å². The van der Waals surface area contributed by atoms with Crippen molar-refractivity contribution in [1.29, 1.82) is 0 Å². The van der Waals surface area contributed by atoms with Gasteiger partial charge in [-0.1, -0.05) is 62.2 Å². The second-order valence-electron chi connectivity index (χ2n) is 6.76. The van der Waals surface area contributed by atoms with Crippen molar-refractivity contribution >= 4 is 5.69 Å². The number of hydrogen-bond acceptors (Lipinski definition) is 1. The number of hydrogen-bond donors (Lipinski definition) is 0. The molecule has 0 aromatic heterocycles. The quantitative estimate of drug-likeness (QED) is 0.545. The number of likely N-dealkylation sites (N-methyl/N-ethyl adjacent to an activating group) is 1. The molecule has 26 heavy (non-hydrogen) atoms. The van der Waals surface area contributed by atoms with Crippen molar-refractivity contribution in [2.24, 2.45) is 0 Å². The van der Waals surface area contributed by atoms with Gasteiger partial charge in [0.25, 0.3) is 0 Å². The summed E-state index contributed by atoms with van der Waals surface area (Å²) in [5.41, 5.74) is 8.63. The van der Waals surface area contributed by atoms with Crippen molar-refractivity contribution in [3.63, 3.8) is 0 Å². The topological polar surface area (TPSA) is 17.3 Å². The summed E-state index contributed by atoms with van der Waals surface area (Å²) in [4.78, 5) is 2.38. The molecule has 0 fully saturated rings. The Balaban J connectivity index is 0.000000230. The number of rotatable bonds is 0. The molecule has 0 bridgehead atoms. The standard InChI is InChI=1S/C11H15N.C10H12N.C2H6.V/c1-9-4-3-5-10-8-12(2)7-6-11(9)10;1-8-4-2-6-10-9(8)5-3-7-11-10;1-2;/h3-5H,6-8H2,1-2H3;2,4,6H,3,5,7H2,1H3;1-2H3;/q;-1;;. The Bertz CT molecular complexity index is 682. The van der Waals surface area contributed by atoms with E-state index in [0.717, 1.165) is 13.1 Å². The fourth-order valence-electron chi connectivity index (χ4n) is 3.56. The van der Waals surface area contributed by atoms with Gasteiger partial charge in [-0.3, -0.25) is 0 Å². The smallest absolute Gasteiger partial charge is 0.0233 e. The van der Waals surface area contributed by atoms with Crippen molar-refractivity contribution in [3.05, 3.63) is 69.5 Å². The Hall–Kier alpha value is -1.22. The molecule has 0 aliphatic carbocycles. The molecule has 3 heteroatoms. The second-order valence-corrected chi connectivity index (χ2v) is 6.76. The van der Waals surface area contributed by atoms with Crippen molar-refractivity contribution < 1.29 is 18.6 Å². The maximum Gasteiger partial charge on any atom is 0.0233 e. The summed E-state index contributed by atoms with van der Waals surface area (Å²) in [6.45, 7) is 11.7. The van der Waals surface area contributed by atoms with Crippen LogP contribution >= 0.6 is 0 Å². The molecule has 0 unspecified atom stereocenters. The van der Waals surface area contributed by atoms with E-state index in [-0.39, 0.29) is 18.6 Å². The first-order valence-corrected chi connectivity index (χ1v) is 9.67. The van der Waals surface area contributed by atoms with E-state index in [9.17, 15) is 0 Å². The van der Waals surface area contributed by atoms with Gasteiger partial charge >= 0.3 is 0 Å². The van der Waals surface area contributed by atoms with Crippen LogP contribution in [-0.2, 0) is 37.9 Å². The fraction of sp³-hybridized carbons (Fsp3) is 0.478. The van der Waals surface area contributed by atoms with Gasteiger partial charge in [0.1, 0.15) is 0 Å². The molecule has 2 aliphatic rings. The Morgan fingerprint density at radius 2 is 1.54 bits per heavy atom. The average molecular weight is 388 g/mol. The molecule has 0 saturated carbocycles. The number of benzene rings is 2. The molecular weight excluding hydrogens is 355 g/mol. The van der Waals surface area contributed by atoms with E-state index in [0.29, 0.717) is 0 Å². The third-order valence-electron chi connectivity index (χ3n) is 4.94. The molecule has 1 radical (unpaired) electrons. The van der Waals surface area contributed by atoms with Crippen LogP contribution in [0.15, 0.2) is 36.4 Å². The molecule has 0 N–H and O–H groups in total. The Kier molecular flexibility index (Phi) is 10.1. The van der Waals surface area contributed by atoms with Crippen molar-refractivity contribution in [2.45, 2.75) is 53.5 Å². The van der Waals surface area contributed by atoms with Crippen LogP contribution in [0, 0.1) is 13.8 Å². The van der Waals surface area contributed by atoms with Crippen LogP contribution in [0.1, 0.15) is 48.1 Å². The summed E-state index contributed by atoms with van der Waals surface area (Å²) in [6, 6.07) is 13.0. The van der Waals surface area contributed by atoms with E-state index < -0.39 is 0 Å². The third-order valence-corrected chi connectivity index (χ3v) is 4.94. The normalized spacial score (nSPS) is 14.8. The predicted molar refractivity (Wildman–Crippen MR) is 110 cm³/mol. The second kappa shape index (κ2) is 11.5. The number of fused-ring (bicyclic) bond motifs is 2. The minimum atomic E-state index is 0. The van der Waals surface area contributed by atoms with Gasteiger partial charge in [-0.25, -0.2) is 0 Å². The van der Waals surface area contributed by atoms with E-state index >= 15 is 0 Å².